The molecule has 1 heterocycles. The first-order valence-corrected chi connectivity index (χ1v) is 4.56. The molecule has 15 heavy (non-hydrogen) atoms. The second kappa shape index (κ2) is 5.89. The predicted octanol–water partition coefficient (Wildman–Crippen LogP) is 0.924. The van der Waals surface area contributed by atoms with E-state index in [0.29, 0.717) is 19.4 Å². The normalized spacial score (nSPS) is 9.60. The van der Waals surface area contributed by atoms with E-state index in [1.807, 2.05) is 0 Å². The van der Waals surface area contributed by atoms with Gasteiger partial charge in [-0.2, -0.15) is 0 Å². The molecule has 1 N–H and O–H groups in total. The average molecular weight is 208 g/mol. The number of hydrogen-bond acceptors (Lipinski definition) is 4. The Balaban J connectivity index is 2.55. The van der Waals surface area contributed by atoms with Gasteiger partial charge in [0.25, 0.3) is 0 Å². The zero-order chi connectivity index (χ0) is 11.1. The number of aliphatic hydroxyl groups is 1. The van der Waals surface area contributed by atoms with Crippen molar-refractivity contribution in [2.75, 3.05) is 6.61 Å². The maximum absolute atomic E-state index is 11.3. The first-order valence-electron chi connectivity index (χ1n) is 4.56. The monoisotopic (exact) mass is 208 g/mol. The van der Waals surface area contributed by atoms with E-state index in [-0.39, 0.29) is 23.5 Å². The molecule has 80 valence electrons. The largest absolute Gasteiger partial charge is 0.487 e. The lowest BCUT2D eigenvalue weighted by Crippen LogP contribution is -2.08. The molecule has 0 aliphatic rings. The molecular formula is C11H12O4. The molecule has 0 saturated heterocycles. The van der Waals surface area contributed by atoms with Crippen molar-refractivity contribution in [2.45, 2.75) is 19.4 Å². The van der Waals surface area contributed by atoms with Gasteiger partial charge in [0.15, 0.2) is 0 Å². The van der Waals surface area contributed by atoms with E-state index in [1.165, 1.54) is 12.3 Å². The number of aliphatic hydroxyl groups excluding tert-OH is 1. The summed E-state index contributed by atoms with van der Waals surface area (Å²) in [4.78, 5) is 11.3. The van der Waals surface area contributed by atoms with E-state index in [4.69, 9.17) is 20.7 Å². The average Bonchev–Trinajstić information content (AvgIpc) is 2.26. The van der Waals surface area contributed by atoms with Crippen molar-refractivity contribution < 1.29 is 14.3 Å². The minimum absolute atomic E-state index is 0.143. The van der Waals surface area contributed by atoms with Gasteiger partial charge in [-0.3, -0.25) is 4.79 Å². The van der Waals surface area contributed by atoms with Crippen molar-refractivity contribution in [1.82, 2.24) is 0 Å². The van der Waals surface area contributed by atoms with E-state index in [2.05, 4.69) is 5.92 Å². The van der Waals surface area contributed by atoms with E-state index in [0.717, 1.165) is 0 Å². The van der Waals surface area contributed by atoms with Crippen molar-refractivity contribution in [1.29, 1.82) is 0 Å². The van der Waals surface area contributed by atoms with Crippen molar-refractivity contribution >= 4 is 0 Å². The smallest absolute Gasteiger partial charge is 0.227 e. The molecule has 4 heteroatoms. The highest BCUT2D eigenvalue weighted by Crippen LogP contribution is 2.06. The Morgan fingerprint density at radius 2 is 2.40 bits per heavy atom. The van der Waals surface area contributed by atoms with Gasteiger partial charge in [-0.1, -0.05) is 0 Å². The minimum Gasteiger partial charge on any atom is -0.487 e. The van der Waals surface area contributed by atoms with Crippen LogP contribution in [0.3, 0.4) is 0 Å². The van der Waals surface area contributed by atoms with E-state index >= 15 is 0 Å². The molecule has 0 bridgehead atoms. The molecule has 0 saturated carbocycles. The van der Waals surface area contributed by atoms with Crippen molar-refractivity contribution in [3.63, 3.8) is 0 Å². The number of rotatable bonds is 5. The Morgan fingerprint density at radius 3 is 3.00 bits per heavy atom. The highest BCUT2D eigenvalue weighted by atomic mass is 16.5. The summed E-state index contributed by atoms with van der Waals surface area (Å²) in [6.45, 7) is 0.0834. The molecule has 0 atom stereocenters. The first kappa shape index (κ1) is 11.3. The van der Waals surface area contributed by atoms with Crippen molar-refractivity contribution in [3.8, 4) is 18.1 Å². The second-order valence-corrected chi connectivity index (χ2v) is 2.89. The van der Waals surface area contributed by atoms with E-state index < -0.39 is 0 Å². The summed E-state index contributed by atoms with van der Waals surface area (Å²) in [6.07, 6.45) is 7.56. The Kier molecular flexibility index (Phi) is 4.45. The molecule has 1 rings (SSSR count). The molecule has 0 aromatic carbocycles. The number of unbranched alkanes of at least 4 members (excludes halogenated alkanes) is 1. The van der Waals surface area contributed by atoms with Gasteiger partial charge in [0.1, 0.15) is 18.6 Å². The molecule has 0 fully saturated rings. The quantitative estimate of drug-likeness (QED) is 0.577. The molecule has 0 aliphatic carbocycles. The van der Waals surface area contributed by atoms with Crippen LogP contribution in [-0.2, 0) is 6.61 Å². The summed E-state index contributed by atoms with van der Waals surface area (Å²) in [7, 11) is 0. The Morgan fingerprint density at radius 1 is 1.60 bits per heavy atom. The SMILES string of the molecule is C#CCCCOc1coc(CO)cc1=O. The fourth-order valence-corrected chi connectivity index (χ4v) is 0.983. The lowest BCUT2D eigenvalue weighted by Gasteiger charge is -2.03. The van der Waals surface area contributed by atoms with Crippen LogP contribution in [0.5, 0.6) is 5.75 Å². The fraction of sp³-hybridized carbons (Fsp3) is 0.364. The topological polar surface area (TPSA) is 59.7 Å². The number of hydrogen-bond donors (Lipinski definition) is 1. The van der Waals surface area contributed by atoms with E-state index in [1.54, 1.807) is 0 Å². The van der Waals surface area contributed by atoms with Gasteiger partial charge in [-0.25, -0.2) is 0 Å². The van der Waals surface area contributed by atoms with Gasteiger partial charge in [0.2, 0.25) is 11.2 Å². The second-order valence-electron chi connectivity index (χ2n) is 2.89. The minimum atomic E-state index is -0.300. The molecule has 0 amide bonds. The Bertz CT molecular complexity index is 400. The zero-order valence-corrected chi connectivity index (χ0v) is 8.23. The van der Waals surface area contributed by atoms with E-state index in [9.17, 15) is 4.79 Å². The Hall–Kier alpha value is -1.73. The van der Waals surface area contributed by atoms with Gasteiger partial charge in [0.05, 0.1) is 6.61 Å². The summed E-state index contributed by atoms with van der Waals surface area (Å²) in [6, 6.07) is 1.20. The van der Waals surface area contributed by atoms with Crippen LogP contribution in [0.15, 0.2) is 21.5 Å². The molecule has 1 aromatic heterocycles. The van der Waals surface area contributed by atoms with Gasteiger partial charge in [-0.05, 0) is 6.42 Å². The summed E-state index contributed by atoms with van der Waals surface area (Å²) in [5, 5.41) is 8.70. The fourth-order valence-electron chi connectivity index (χ4n) is 0.983. The molecule has 0 spiro atoms. The van der Waals surface area contributed by atoms with Crippen LogP contribution < -0.4 is 10.2 Å². The first-order chi connectivity index (χ1) is 7.27. The third-order valence-electron chi connectivity index (χ3n) is 1.73. The van der Waals surface area contributed by atoms with Crippen LogP contribution in [0.25, 0.3) is 0 Å². The van der Waals surface area contributed by atoms with Crippen molar-refractivity contribution in [3.05, 3.63) is 28.3 Å². The van der Waals surface area contributed by atoms with Crippen LogP contribution in [0, 0.1) is 12.3 Å². The highest BCUT2D eigenvalue weighted by molar-refractivity contribution is 5.17. The molecule has 1 aromatic rings. The summed E-state index contributed by atoms with van der Waals surface area (Å²) in [5.74, 6) is 2.83. The molecule has 0 radical (unpaired) electrons. The standard InChI is InChI=1S/C11H12O4/c1-2-3-4-5-14-11-8-15-9(7-12)6-10(11)13/h1,6,8,12H,3-5,7H2. The number of ether oxygens (including phenoxy) is 1. The maximum Gasteiger partial charge on any atom is 0.227 e. The van der Waals surface area contributed by atoms with Gasteiger partial charge >= 0.3 is 0 Å². The van der Waals surface area contributed by atoms with Gasteiger partial charge < -0.3 is 14.3 Å². The predicted molar refractivity (Wildman–Crippen MR) is 54.5 cm³/mol. The van der Waals surface area contributed by atoms with Gasteiger partial charge in [0, 0.05) is 12.5 Å². The highest BCUT2D eigenvalue weighted by Gasteiger charge is 2.03. The van der Waals surface area contributed by atoms with Crippen LogP contribution in [0.1, 0.15) is 18.6 Å². The lowest BCUT2D eigenvalue weighted by molar-refractivity contribution is 0.237. The lowest BCUT2D eigenvalue weighted by atomic mass is 10.3. The van der Waals surface area contributed by atoms with Crippen LogP contribution in [0.4, 0.5) is 0 Å². The summed E-state index contributed by atoms with van der Waals surface area (Å²) >= 11 is 0. The van der Waals surface area contributed by atoms with Crippen LogP contribution >= 0.6 is 0 Å². The molecule has 0 unspecified atom stereocenters. The third-order valence-corrected chi connectivity index (χ3v) is 1.73. The third kappa shape index (κ3) is 3.49. The van der Waals surface area contributed by atoms with Gasteiger partial charge in [-0.15, -0.1) is 12.3 Å². The van der Waals surface area contributed by atoms with Crippen LogP contribution in [0.2, 0.25) is 0 Å². The Labute approximate surface area is 87.5 Å². The van der Waals surface area contributed by atoms with Crippen LogP contribution in [-0.4, -0.2) is 11.7 Å². The molecule has 4 nitrogen and oxygen atoms in total. The summed E-state index contributed by atoms with van der Waals surface area (Å²) < 4.78 is 10.1. The maximum atomic E-state index is 11.3. The van der Waals surface area contributed by atoms with Crippen molar-refractivity contribution in [2.24, 2.45) is 0 Å². The summed E-state index contributed by atoms with van der Waals surface area (Å²) in [5.41, 5.74) is -0.300. The molecule has 0 aliphatic heterocycles. The number of terminal acetylenes is 1. The zero-order valence-electron chi connectivity index (χ0n) is 8.23. The molecular weight excluding hydrogens is 196 g/mol.